The van der Waals surface area contributed by atoms with Gasteiger partial charge in [-0.3, -0.25) is 0 Å². The number of hydrogen-bond donors (Lipinski definition) is 0. The zero-order chi connectivity index (χ0) is 11.3. The fourth-order valence-electron chi connectivity index (χ4n) is 4.47. The molecule has 4 bridgehead atoms. The van der Waals surface area contributed by atoms with Gasteiger partial charge in [-0.25, -0.2) is 0 Å². The Morgan fingerprint density at radius 3 is 1.94 bits per heavy atom. The predicted molar refractivity (Wildman–Crippen MR) is 69.6 cm³/mol. The Morgan fingerprint density at radius 1 is 1.00 bits per heavy atom. The summed E-state index contributed by atoms with van der Waals surface area (Å²) in [5.41, 5.74) is 2.10. The second-order valence-electron chi connectivity index (χ2n) is 6.82. The first kappa shape index (κ1) is 11.0. The van der Waals surface area contributed by atoms with Crippen LogP contribution in [0.1, 0.15) is 32.1 Å². The molecule has 0 aromatic heterocycles. The molecular weight excluding hydrogens is 212 g/mol. The maximum Gasteiger partial charge on any atom is 0.210 e. The van der Waals surface area contributed by atoms with Crippen LogP contribution in [0.15, 0.2) is 12.3 Å². The molecule has 0 aromatic rings. The summed E-state index contributed by atoms with van der Waals surface area (Å²) >= 11 is 0. The highest BCUT2D eigenvalue weighted by Gasteiger charge is 2.49. The van der Waals surface area contributed by atoms with Crippen molar-refractivity contribution in [1.29, 1.82) is 0 Å². The average Bonchev–Trinajstić information content (AvgIpc) is 2.22. The Labute approximate surface area is 100 Å². The summed E-state index contributed by atoms with van der Waals surface area (Å²) in [6.45, 7) is 8.52. The van der Waals surface area contributed by atoms with Gasteiger partial charge >= 0.3 is 0 Å². The Kier molecular flexibility index (Phi) is 2.56. The van der Waals surface area contributed by atoms with Gasteiger partial charge in [0.15, 0.2) is 0 Å². The average molecular weight is 236 g/mol. The molecule has 0 N–H and O–H groups in total. The van der Waals surface area contributed by atoms with Gasteiger partial charge in [0.05, 0.1) is 6.10 Å². The van der Waals surface area contributed by atoms with Crippen LogP contribution in [0.5, 0.6) is 0 Å². The third-order valence-corrected chi connectivity index (χ3v) is 6.93. The van der Waals surface area contributed by atoms with E-state index in [0.717, 1.165) is 23.7 Å². The van der Waals surface area contributed by atoms with Gasteiger partial charge in [-0.05, 0) is 68.9 Å². The normalized spacial score (nSPS) is 46.0. The molecule has 16 heavy (non-hydrogen) atoms. The van der Waals surface area contributed by atoms with Gasteiger partial charge in [0.1, 0.15) is 0 Å². The van der Waals surface area contributed by atoms with E-state index >= 15 is 0 Å². The maximum absolute atomic E-state index is 6.48. The Bertz CT molecular complexity index is 269. The summed E-state index contributed by atoms with van der Waals surface area (Å²) in [6, 6.07) is 0. The molecule has 4 fully saturated rings. The standard InChI is InChI=1S/C14H24OSi/c1-4-16(2,3)15-14-12-6-10-5-11(8-12)9-13(14)7-10/h4,10-14H,1,5-9H2,2-3H3. The second-order valence-corrected chi connectivity index (χ2v) is 10.7. The topological polar surface area (TPSA) is 9.23 Å². The zero-order valence-electron chi connectivity index (χ0n) is 10.6. The maximum atomic E-state index is 6.48. The second kappa shape index (κ2) is 3.71. The molecule has 0 heterocycles. The van der Waals surface area contributed by atoms with Crippen molar-refractivity contribution in [2.45, 2.75) is 51.3 Å². The predicted octanol–water partition coefficient (Wildman–Crippen LogP) is 3.76. The minimum atomic E-state index is -1.57. The molecular formula is C14H24OSi. The van der Waals surface area contributed by atoms with Gasteiger partial charge in [-0.2, -0.15) is 0 Å². The van der Waals surface area contributed by atoms with Crippen molar-refractivity contribution in [2.24, 2.45) is 23.7 Å². The molecule has 1 nitrogen and oxygen atoms in total. The van der Waals surface area contributed by atoms with Gasteiger partial charge in [0.25, 0.3) is 0 Å². The van der Waals surface area contributed by atoms with Crippen molar-refractivity contribution in [2.75, 3.05) is 0 Å². The molecule has 0 unspecified atom stereocenters. The molecule has 0 aliphatic heterocycles. The molecule has 0 amide bonds. The quantitative estimate of drug-likeness (QED) is 0.678. The molecule has 0 spiro atoms. The van der Waals surface area contributed by atoms with Gasteiger partial charge in [0.2, 0.25) is 8.32 Å². The highest BCUT2D eigenvalue weighted by atomic mass is 28.4. The molecule has 4 aliphatic rings. The molecule has 0 radical (unpaired) electrons. The van der Waals surface area contributed by atoms with Crippen LogP contribution in [0.2, 0.25) is 13.1 Å². The fourth-order valence-corrected chi connectivity index (χ4v) is 5.65. The van der Waals surface area contributed by atoms with Crippen molar-refractivity contribution in [3.63, 3.8) is 0 Å². The lowest BCUT2D eigenvalue weighted by atomic mass is 9.55. The van der Waals surface area contributed by atoms with Crippen molar-refractivity contribution in [3.05, 3.63) is 12.3 Å². The van der Waals surface area contributed by atoms with Crippen LogP contribution in [0.4, 0.5) is 0 Å². The SMILES string of the molecule is C=C[Si](C)(C)OC1C2CC3CC(C2)CC1C3. The molecule has 0 aromatic carbocycles. The van der Waals surface area contributed by atoms with Crippen molar-refractivity contribution >= 4 is 8.32 Å². The van der Waals surface area contributed by atoms with Gasteiger partial charge in [0, 0.05) is 0 Å². The highest BCUT2D eigenvalue weighted by molar-refractivity contribution is 6.76. The van der Waals surface area contributed by atoms with E-state index in [2.05, 4.69) is 25.4 Å². The van der Waals surface area contributed by atoms with Gasteiger partial charge in [-0.1, -0.05) is 5.70 Å². The lowest BCUT2D eigenvalue weighted by Gasteiger charge is -2.55. The first-order valence-electron chi connectivity index (χ1n) is 6.89. The first-order chi connectivity index (χ1) is 7.57. The molecule has 4 rings (SSSR count). The third-order valence-electron chi connectivity index (χ3n) is 5.07. The minimum absolute atomic E-state index is 0.590. The third kappa shape index (κ3) is 1.80. The van der Waals surface area contributed by atoms with Crippen LogP contribution < -0.4 is 0 Å². The van der Waals surface area contributed by atoms with Crippen LogP contribution in [-0.4, -0.2) is 14.4 Å². The largest absolute Gasteiger partial charge is 0.410 e. The van der Waals surface area contributed by atoms with Crippen LogP contribution >= 0.6 is 0 Å². The van der Waals surface area contributed by atoms with E-state index in [1.807, 2.05) is 0 Å². The van der Waals surface area contributed by atoms with E-state index in [4.69, 9.17) is 4.43 Å². The van der Waals surface area contributed by atoms with Crippen molar-refractivity contribution < 1.29 is 4.43 Å². The van der Waals surface area contributed by atoms with Crippen molar-refractivity contribution in [3.8, 4) is 0 Å². The van der Waals surface area contributed by atoms with E-state index in [1.165, 1.54) is 32.1 Å². The molecule has 4 saturated carbocycles. The van der Waals surface area contributed by atoms with Crippen LogP contribution in [0, 0.1) is 23.7 Å². The lowest BCUT2D eigenvalue weighted by molar-refractivity contribution is -0.0822. The molecule has 0 atom stereocenters. The van der Waals surface area contributed by atoms with Crippen LogP contribution in [0.3, 0.4) is 0 Å². The smallest absolute Gasteiger partial charge is 0.210 e. The number of rotatable bonds is 3. The molecule has 4 aliphatic carbocycles. The Balaban J connectivity index is 1.74. The molecule has 90 valence electrons. The van der Waals surface area contributed by atoms with Crippen molar-refractivity contribution in [1.82, 2.24) is 0 Å². The van der Waals surface area contributed by atoms with E-state index in [9.17, 15) is 0 Å². The Hall–Kier alpha value is -0.0831. The van der Waals surface area contributed by atoms with E-state index < -0.39 is 8.32 Å². The number of hydrogen-bond acceptors (Lipinski definition) is 1. The lowest BCUT2D eigenvalue weighted by Crippen LogP contribution is -2.52. The minimum Gasteiger partial charge on any atom is -0.410 e. The first-order valence-corrected chi connectivity index (χ1v) is 9.87. The summed E-state index contributed by atoms with van der Waals surface area (Å²) in [6.07, 6.45) is 7.95. The van der Waals surface area contributed by atoms with Crippen LogP contribution in [0.25, 0.3) is 0 Å². The summed E-state index contributed by atoms with van der Waals surface area (Å²) in [7, 11) is -1.57. The van der Waals surface area contributed by atoms with Crippen LogP contribution in [-0.2, 0) is 4.43 Å². The van der Waals surface area contributed by atoms with E-state index in [1.54, 1.807) is 0 Å². The summed E-state index contributed by atoms with van der Waals surface area (Å²) in [5.74, 6) is 3.89. The summed E-state index contributed by atoms with van der Waals surface area (Å²) < 4.78 is 6.48. The molecule has 0 saturated heterocycles. The highest BCUT2D eigenvalue weighted by Crippen LogP contribution is 2.55. The van der Waals surface area contributed by atoms with E-state index in [-0.39, 0.29) is 0 Å². The van der Waals surface area contributed by atoms with Gasteiger partial charge in [-0.15, -0.1) is 6.58 Å². The summed E-state index contributed by atoms with van der Waals surface area (Å²) in [5, 5.41) is 0. The summed E-state index contributed by atoms with van der Waals surface area (Å²) in [4.78, 5) is 0. The molecule has 2 heteroatoms. The van der Waals surface area contributed by atoms with Gasteiger partial charge < -0.3 is 4.43 Å². The van der Waals surface area contributed by atoms with E-state index in [0.29, 0.717) is 6.10 Å². The zero-order valence-corrected chi connectivity index (χ0v) is 11.6. The fraction of sp³-hybridized carbons (Fsp3) is 0.857. The Morgan fingerprint density at radius 2 is 1.50 bits per heavy atom. The monoisotopic (exact) mass is 236 g/mol.